The van der Waals surface area contributed by atoms with E-state index < -0.39 is 4.92 Å². The molecule has 0 radical (unpaired) electrons. The molecule has 0 spiro atoms. The lowest BCUT2D eigenvalue weighted by molar-refractivity contribution is -0.384. The van der Waals surface area contributed by atoms with Crippen LogP contribution < -0.4 is 19.7 Å². The van der Waals surface area contributed by atoms with Gasteiger partial charge in [-0.3, -0.25) is 14.9 Å². The molecule has 9 nitrogen and oxygen atoms in total. The Balaban J connectivity index is 1.66. The highest BCUT2D eigenvalue weighted by molar-refractivity contribution is 6.00. The molecule has 2 aromatic carbocycles. The minimum absolute atomic E-state index is 0.127. The molecule has 29 heavy (non-hydrogen) atoms. The number of nitro groups is 1. The van der Waals surface area contributed by atoms with Gasteiger partial charge in [-0.15, -0.1) is 0 Å². The third-order valence-corrected chi connectivity index (χ3v) is 4.50. The van der Waals surface area contributed by atoms with Crippen LogP contribution in [-0.2, 0) is 4.74 Å². The summed E-state index contributed by atoms with van der Waals surface area (Å²) in [5.74, 6) is 0.791. The van der Waals surface area contributed by atoms with Crippen LogP contribution in [0.4, 0.5) is 11.4 Å². The largest absolute Gasteiger partial charge is 0.493 e. The molecular weight excluding hydrogens is 378 g/mol. The topological polar surface area (TPSA) is 103 Å². The molecule has 1 heterocycles. The van der Waals surface area contributed by atoms with Crippen LogP contribution in [0.2, 0.25) is 0 Å². The van der Waals surface area contributed by atoms with E-state index in [1.807, 2.05) is 17.0 Å². The number of para-hydroxylation sites is 2. The first-order valence-electron chi connectivity index (χ1n) is 9.25. The summed E-state index contributed by atoms with van der Waals surface area (Å²) >= 11 is 0. The second-order valence-corrected chi connectivity index (χ2v) is 6.31. The third-order valence-electron chi connectivity index (χ3n) is 4.50. The summed E-state index contributed by atoms with van der Waals surface area (Å²) in [6, 6.07) is 11.6. The van der Waals surface area contributed by atoms with E-state index in [2.05, 4.69) is 5.32 Å². The molecule has 0 bridgehead atoms. The number of anilines is 1. The molecule has 1 aliphatic rings. The van der Waals surface area contributed by atoms with Crippen molar-refractivity contribution < 1.29 is 23.9 Å². The number of hydrogen-bond acceptors (Lipinski definition) is 7. The van der Waals surface area contributed by atoms with Crippen molar-refractivity contribution in [3.05, 3.63) is 58.1 Å². The normalized spacial score (nSPS) is 13.6. The highest BCUT2D eigenvalue weighted by Gasteiger charge is 2.22. The van der Waals surface area contributed by atoms with Gasteiger partial charge in [0.05, 0.1) is 43.0 Å². The highest BCUT2D eigenvalue weighted by atomic mass is 16.6. The van der Waals surface area contributed by atoms with E-state index in [1.165, 1.54) is 12.1 Å². The number of amides is 1. The number of carbonyl (C=O) groups is 1. The minimum atomic E-state index is -0.509. The molecule has 2 aromatic rings. The summed E-state index contributed by atoms with van der Waals surface area (Å²) in [4.78, 5) is 25.4. The molecule has 0 aromatic heterocycles. The molecule has 0 aliphatic carbocycles. The van der Waals surface area contributed by atoms with Crippen LogP contribution in [0, 0.1) is 10.1 Å². The summed E-state index contributed by atoms with van der Waals surface area (Å²) in [6.45, 7) is 2.80. The Morgan fingerprint density at radius 2 is 1.93 bits per heavy atom. The van der Waals surface area contributed by atoms with E-state index in [0.29, 0.717) is 43.5 Å². The predicted molar refractivity (Wildman–Crippen MR) is 107 cm³/mol. The summed E-state index contributed by atoms with van der Waals surface area (Å²) < 4.78 is 16.2. The number of rotatable bonds is 8. The third kappa shape index (κ3) is 5.14. The van der Waals surface area contributed by atoms with E-state index >= 15 is 0 Å². The number of ether oxygens (including phenoxy) is 3. The van der Waals surface area contributed by atoms with Crippen LogP contribution in [0.25, 0.3) is 0 Å². The van der Waals surface area contributed by atoms with Gasteiger partial charge in [-0.05, 0) is 18.2 Å². The fourth-order valence-electron chi connectivity index (χ4n) is 3.06. The van der Waals surface area contributed by atoms with Crippen molar-refractivity contribution >= 4 is 17.3 Å². The molecule has 0 unspecified atom stereocenters. The molecule has 9 heteroatoms. The SMILES string of the molecule is COc1ccccc1OCCNC(=O)c1cc([N+](=O)[O-])ccc1N1CCOCC1. The molecule has 1 fully saturated rings. The van der Waals surface area contributed by atoms with Crippen molar-refractivity contribution in [3.63, 3.8) is 0 Å². The van der Waals surface area contributed by atoms with Crippen molar-refractivity contribution in [2.45, 2.75) is 0 Å². The first kappa shape index (κ1) is 20.4. The van der Waals surface area contributed by atoms with Gasteiger partial charge in [0.15, 0.2) is 11.5 Å². The monoisotopic (exact) mass is 401 g/mol. The van der Waals surface area contributed by atoms with Gasteiger partial charge < -0.3 is 24.4 Å². The highest BCUT2D eigenvalue weighted by Crippen LogP contribution is 2.27. The molecule has 3 rings (SSSR count). The van der Waals surface area contributed by atoms with Crippen molar-refractivity contribution in [1.82, 2.24) is 5.32 Å². The zero-order chi connectivity index (χ0) is 20.6. The number of carbonyl (C=O) groups excluding carboxylic acids is 1. The van der Waals surface area contributed by atoms with E-state index in [1.54, 1.807) is 25.3 Å². The quantitative estimate of drug-likeness (QED) is 0.411. The maximum absolute atomic E-state index is 12.7. The number of methoxy groups -OCH3 is 1. The first-order chi connectivity index (χ1) is 14.1. The average Bonchev–Trinajstić information content (AvgIpc) is 2.77. The Kier molecular flexibility index (Phi) is 6.85. The lowest BCUT2D eigenvalue weighted by Crippen LogP contribution is -2.38. The Bertz CT molecular complexity index is 867. The fourth-order valence-corrected chi connectivity index (χ4v) is 3.06. The van der Waals surface area contributed by atoms with Gasteiger partial charge in [-0.25, -0.2) is 0 Å². The molecule has 1 aliphatic heterocycles. The lowest BCUT2D eigenvalue weighted by atomic mass is 10.1. The molecule has 0 atom stereocenters. The number of hydrogen-bond donors (Lipinski definition) is 1. The molecule has 0 saturated carbocycles. The Morgan fingerprint density at radius 3 is 2.62 bits per heavy atom. The van der Waals surface area contributed by atoms with Crippen molar-refractivity contribution in [3.8, 4) is 11.5 Å². The van der Waals surface area contributed by atoms with Gasteiger partial charge in [0.1, 0.15) is 6.61 Å². The standard InChI is InChI=1S/C20H23N3O6/c1-27-18-4-2-3-5-19(18)29-11-8-21-20(24)16-14-15(23(25)26)6-7-17(16)22-9-12-28-13-10-22/h2-7,14H,8-13H2,1H3,(H,21,24). The van der Waals surface area contributed by atoms with Crippen molar-refractivity contribution in [2.24, 2.45) is 0 Å². The number of non-ortho nitro benzene ring substituents is 1. The molecule has 154 valence electrons. The van der Waals surface area contributed by atoms with Crippen molar-refractivity contribution in [1.29, 1.82) is 0 Å². The van der Waals surface area contributed by atoms with Crippen molar-refractivity contribution in [2.75, 3.05) is 51.5 Å². The Labute approximate surface area is 168 Å². The van der Waals surface area contributed by atoms with Crippen LogP contribution in [0.3, 0.4) is 0 Å². The number of morpholine rings is 1. The second-order valence-electron chi connectivity index (χ2n) is 6.31. The Hall–Kier alpha value is -3.33. The lowest BCUT2D eigenvalue weighted by Gasteiger charge is -2.30. The van der Waals surface area contributed by atoms with Gasteiger partial charge in [0.2, 0.25) is 0 Å². The van der Waals surface area contributed by atoms with Gasteiger partial charge in [0, 0.05) is 25.2 Å². The summed E-state index contributed by atoms with van der Waals surface area (Å²) in [5, 5.41) is 13.9. The smallest absolute Gasteiger partial charge is 0.270 e. The predicted octanol–water partition coefficient (Wildman–Crippen LogP) is 2.25. The number of nitrogens with one attached hydrogen (secondary N) is 1. The number of benzene rings is 2. The summed E-state index contributed by atoms with van der Waals surface area (Å²) in [7, 11) is 1.56. The van der Waals surface area contributed by atoms with Gasteiger partial charge >= 0.3 is 0 Å². The Morgan fingerprint density at radius 1 is 1.21 bits per heavy atom. The zero-order valence-corrected chi connectivity index (χ0v) is 16.1. The second kappa shape index (κ2) is 9.74. The molecule has 1 amide bonds. The maximum atomic E-state index is 12.7. The van der Waals surface area contributed by atoms with E-state index in [0.717, 1.165) is 0 Å². The van der Waals surface area contributed by atoms with E-state index in [4.69, 9.17) is 14.2 Å². The fraction of sp³-hybridized carbons (Fsp3) is 0.350. The maximum Gasteiger partial charge on any atom is 0.270 e. The van der Waals surface area contributed by atoms with E-state index in [9.17, 15) is 14.9 Å². The van der Waals surface area contributed by atoms with E-state index in [-0.39, 0.29) is 30.3 Å². The molecule has 1 N–H and O–H groups in total. The van der Waals surface area contributed by atoms with Crippen LogP contribution in [0.5, 0.6) is 11.5 Å². The summed E-state index contributed by atoms with van der Waals surface area (Å²) in [6.07, 6.45) is 0. The van der Waals surface area contributed by atoms with Crippen LogP contribution in [-0.4, -0.2) is 57.4 Å². The number of nitrogens with zero attached hydrogens (tertiary/aromatic N) is 2. The molecule has 1 saturated heterocycles. The zero-order valence-electron chi connectivity index (χ0n) is 16.1. The molecular formula is C20H23N3O6. The average molecular weight is 401 g/mol. The van der Waals surface area contributed by atoms with Crippen LogP contribution in [0.1, 0.15) is 10.4 Å². The van der Waals surface area contributed by atoms with Gasteiger partial charge in [-0.2, -0.15) is 0 Å². The van der Waals surface area contributed by atoms with Gasteiger partial charge in [0.25, 0.3) is 11.6 Å². The van der Waals surface area contributed by atoms with Crippen LogP contribution in [0.15, 0.2) is 42.5 Å². The summed E-state index contributed by atoms with van der Waals surface area (Å²) in [5.41, 5.74) is 0.790. The number of nitro benzene ring substituents is 1. The minimum Gasteiger partial charge on any atom is -0.493 e. The van der Waals surface area contributed by atoms with Crippen LogP contribution >= 0.6 is 0 Å². The van der Waals surface area contributed by atoms with Gasteiger partial charge in [-0.1, -0.05) is 12.1 Å². The first-order valence-corrected chi connectivity index (χ1v) is 9.25.